The molecule has 5 nitrogen and oxygen atoms in total. The summed E-state index contributed by atoms with van der Waals surface area (Å²) in [7, 11) is -1.71. The lowest BCUT2D eigenvalue weighted by atomic mass is 10.1. The molecule has 0 amide bonds. The number of carbonyl (C=O) groups excluding carboxylic acids is 1. The van der Waals surface area contributed by atoms with E-state index in [2.05, 4.69) is 0 Å². The fourth-order valence-corrected chi connectivity index (χ4v) is 2.44. The van der Waals surface area contributed by atoms with Crippen molar-refractivity contribution in [3.8, 4) is 11.5 Å². The zero-order chi connectivity index (χ0) is 16.2. The molecule has 0 saturated heterocycles. The summed E-state index contributed by atoms with van der Waals surface area (Å²) in [6.45, 7) is -0.134. The number of benzene rings is 2. The molecule has 2 aromatic carbocycles. The number of sulfone groups is 1. The zero-order valence-electron chi connectivity index (χ0n) is 12.3. The second-order valence-corrected chi connectivity index (χ2v) is 6.70. The monoisotopic (exact) mass is 320 g/mol. The van der Waals surface area contributed by atoms with Gasteiger partial charge in [-0.25, -0.2) is 8.42 Å². The minimum atomic E-state index is -3.24. The van der Waals surface area contributed by atoms with Crippen molar-refractivity contribution >= 4 is 15.6 Å². The molecule has 2 aromatic rings. The lowest BCUT2D eigenvalue weighted by Crippen LogP contribution is -2.11. The number of carbonyl (C=O) groups is 1. The Bertz CT molecular complexity index is 763. The molecule has 0 saturated carbocycles. The topological polar surface area (TPSA) is 69.7 Å². The summed E-state index contributed by atoms with van der Waals surface area (Å²) in [6, 6.07) is 12.7. The summed E-state index contributed by atoms with van der Waals surface area (Å²) < 4.78 is 33.1. The second kappa shape index (κ2) is 6.62. The van der Waals surface area contributed by atoms with Gasteiger partial charge in [0.05, 0.1) is 12.0 Å². The van der Waals surface area contributed by atoms with Crippen molar-refractivity contribution in [2.45, 2.75) is 4.90 Å². The van der Waals surface area contributed by atoms with Crippen LogP contribution in [-0.4, -0.2) is 34.2 Å². The SMILES string of the molecule is COc1cccc(C(=O)COc2ccc(S(C)(=O)=O)cc2)c1. The van der Waals surface area contributed by atoms with Gasteiger partial charge in [0.25, 0.3) is 0 Å². The Kier molecular flexibility index (Phi) is 4.82. The maximum atomic E-state index is 12.0. The molecule has 2 rings (SSSR count). The Morgan fingerprint density at radius 2 is 1.73 bits per heavy atom. The molecule has 0 atom stereocenters. The molecule has 22 heavy (non-hydrogen) atoms. The number of ether oxygens (including phenoxy) is 2. The van der Waals surface area contributed by atoms with Crippen molar-refractivity contribution in [3.05, 3.63) is 54.1 Å². The van der Waals surface area contributed by atoms with Crippen LogP contribution in [0.15, 0.2) is 53.4 Å². The van der Waals surface area contributed by atoms with Crippen LogP contribution in [0.1, 0.15) is 10.4 Å². The lowest BCUT2D eigenvalue weighted by Gasteiger charge is -2.07. The largest absolute Gasteiger partial charge is 0.497 e. The fourth-order valence-electron chi connectivity index (χ4n) is 1.81. The van der Waals surface area contributed by atoms with Crippen LogP contribution in [-0.2, 0) is 9.84 Å². The van der Waals surface area contributed by atoms with Gasteiger partial charge in [0.1, 0.15) is 11.5 Å². The van der Waals surface area contributed by atoms with Crippen LogP contribution in [0.3, 0.4) is 0 Å². The highest BCUT2D eigenvalue weighted by Gasteiger charge is 2.09. The molecule has 6 heteroatoms. The summed E-state index contributed by atoms with van der Waals surface area (Å²) >= 11 is 0. The summed E-state index contributed by atoms with van der Waals surface area (Å²) in [5.74, 6) is 0.845. The first-order chi connectivity index (χ1) is 10.4. The van der Waals surface area contributed by atoms with Crippen molar-refractivity contribution in [1.29, 1.82) is 0 Å². The highest BCUT2D eigenvalue weighted by atomic mass is 32.2. The smallest absolute Gasteiger partial charge is 0.200 e. The van der Waals surface area contributed by atoms with Gasteiger partial charge in [-0.2, -0.15) is 0 Å². The maximum absolute atomic E-state index is 12.0. The Labute approximate surface area is 129 Å². The zero-order valence-corrected chi connectivity index (χ0v) is 13.1. The van der Waals surface area contributed by atoms with Gasteiger partial charge in [-0.05, 0) is 36.4 Å². The number of rotatable bonds is 6. The van der Waals surface area contributed by atoms with Crippen LogP contribution in [0, 0.1) is 0 Å². The van der Waals surface area contributed by atoms with Gasteiger partial charge in [-0.3, -0.25) is 4.79 Å². The van der Waals surface area contributed by atoms with E-state index in [1.54, 1.807) is 24.3 Å². The van der Waals surface area contributed by atoms with Gasteiger partial charge in [0.2, 0.25) is 0 Å². The van der Waals surface area contributed by atoms with Gasteiger partial charge in [-0.15, -0.1) is 0 Å². The van der Waals surface area contributed by atoms with Gasteiger partial charge < -0.3 is 9.47 Å². The van der Waals surface area contributed by atoms with Gasteiger partial charge in [0, 0.05) is 11.8 Å². The molecule has 0 unspecified atom stereocenters. The second-order valence-electron chi connectivity index (χ2n) is 4.69. The first kappa shape index (κ1) is 16.0. The number of methoxy groups -OCH3 is 1. The quantitative estimate of drug-likeness (QED) is 0.764. The molecule has 0 fully saturated rings. The molecule has 0 N–H and O–H groups in total. The molecule has 116 valence electrons. The lowest BCUT2D eigenvalue weighted by molar-refractivity contribution is 0.0921. The Morgan fingerprint density at radius 1 is 1.05 bits per heavy atom. The van der Waals surface area contributed by atoms with Crippen molar-refractivity contribution in [1.82, 2.24) is 0 Å². The van der Waals surface area contributed by atoms with Crippen LogP contribution in [0.5, 0.6) is 11.5 Å². The van der Waals surface area contributed by atoms with Gasteiger partial charge >= 0.3 is 0 Å². The highest BCUT2D eigenvalue weighted by Crippen LogP contribution is 2.17. The Balaban J connectivity index is 2.02. The van der Waals surface area contributed by atoms with E-state index >= 15 is 0 Å². The van der Waals surface area contributed by atoms with E-state index in [1.165, 1.54) is 31.4 Å². The number of hydrogen-bond donors (Lipinski definition) is 0. The molecular formula is C16H16O5S. The third kappa shape index (κ3) is 4.08. The summed E-state index contributed by atoms with van der Waals surface area (Å²) in [4.78, 5) is 12.2. The molecular weight excluding hydrogens is 304 g/mol. The summed E-state index contributed by atoms with van der Waals surface area (Å²) in [5.41, 5.74) is 0.493. The normalized spacial score (nSPS) is 11.0. The standard InChI is InChI=1S/C16H16O5S/c1-20-14-5-3-4-12(10-14)16(17)11-21-13-6-8-15(9-7-13)22(2,18)19/h3-10H,11H2,1-2H3. The van der Waals surface area contributed by atoms with Crippen molar-refractivity contribution in [2.75, 3.05) is 20.0 Å². The van der Waals surface area contributed by atoms with E-state index < -0.39 is 9.84 Å². The molecule has 0 aliphatic rings. The minimum Gasteiger partial charge on any atom is -0.497 e. The van der Waals surface area contributed by atoms with E-state index in [0.717, 1.165) is 6.26 Å². The van der Waals surface area contributed by atoms with Crippen LogP contribution in [0.2, 0.25) is 0 Å². The Hall–Kier alpha value is -2.34. The first-order valence-corrected chi connectivity index (χ1v) is 8.39. The molecule has 0 aliphatic heterocycles. The molecule has 0 spiro atoms. The molecule has 0 aliphatic carbocycles. The van der Waals surface area contributed by atoms with Crippen molar-refractivity contribution in [3.63, 3.8) is 0 Å². The van der Waals surface area contributed by atoms with Crippen LogP contribution >= 0.6 is 0 Å². The van der Waals surface area contributed by atoms with Crippen LogP contribution in [0.4, 0.5) is 0 Å². The van der Waals surface area contributed by atoms with Gasteiger partial charge in [-0.1, -0.05) is 12.1 Å². The van der Waals surface area contributed by atoms with E-state index in [9.17, 15) is 13.2 Å². The Morgan fingerprint density at radius 3 is 2.32 bits per heavy atom. The van der Waals surface area contributed by atoms with Crippen molar-refractivity contribution in [2.24, 2.45) is 0 Å². The predicted molar refractivity (Wildman–Crippen MR) is 82.4 cm³/mol. The average molecular weight is 320 g/mol. The third-order valence-corrected chi connectivity index (χ3v) is 4.14. The van der Waals surface area contributed by atoms with Gasteiger partial charge in [0.15, 0.2) is 22.2 Å². The van der Waals surface area contributed by atoms with E-state index in [0.29, 0.717) is 17.1 Å². The predicted octanol–water partition coefficient (Wildman–Crippen LogP) is 2.36. The molecule has 0 bridgehead atoms. The van der Waals surface area contributed by atoms with E-state index in [-0.39, 0.29) is 17.3 Å². The summed E-state index contributed by atoms with van der Waals surface area (Å²) in [6.07, 6.45) is 1.13. The molecule has 0 aromatic heterocycles. The highest BCUT2D eigenvalue weighted by molar-refractivity contribution is 7.90. The third-order valence-electron chi connectivity index (χ3n) is 3.01. The number of hydrogen-bond acceptors (Lipinski definition) is 5. The first-order valence-electron chi connectivity index (χ1n) is 6.50. The van der Waals surface area contributed by atoms with E-state index in [1.807, 2.05) is 0 Å². The van der Waals surface area contributed by atoms with Crippen LogP contribution < -0.4 is 9.47 Å². The molecule has 0 heterocycles. The fraction of sp³-hybridized carbons (Fsp3) is 0.188. The average Bonchev–Trinajstić information content (AvgIpc) is 2.52. The molecule has 0 radical (unpaired) electrons. The minimum absolute atomic E-state index is 0.134. The summed E-state index contributed by atoms with van der Waals surface area (Å²) in [5, 5.41) is 0. The maximum Gasteiger partial charge on any atom is 0.200 e. The number of ketones is 1. The van der Waals surface area contributed by atoms with Crippen molar-refractivity contribution < 1.29 is 22.7 Å². The van der Waals surface area contributed by atoms with Crippen LogP contribution in [0.25, 0.3) is 0 Å². The number of Topliss-reactive ketones (excluding diaryl/α,β-unsaturated/α-hetero) is 1. The van der Waals surface area contributed by atoms with E-state index in [4.69, 9.17) is 9.47 Å².